The number of nitrogens with zero attached hydrogens (tertiary/aromatic N) is 6. The number of rotatable bonds is 6. The van der Waals surface area contributed by atoms with Crippen LogP contribution >= 0.6 is 0 Å². The van der Waals surface area contributed by atoms with Crippen molar-refractivity contribution in [3.8, 4) is 22.5 Å². The topological polar surface area (TPSA) is 113 Å². The van der Waals surface area contributed by atoms with Crippen LogP contribution in [0.25, 0.3) is 28.0 Å². The molecule has 0 bridgehead atoms. The van der Waals surface area contributed by atoms with Crippen molar-refractivity contribution < 1.29 is 14.3 Å². The smallest absolute Gasteiger partial charge is 0.254 e. The van der Waals surface area contributed by atoms with Gasteiger partial charge in [0.1, 0.15) is 11.8 Å². The number of ether oxygens (including phenoxy) is 2. The van der Waals surface area contributed by atoms with Crippen LogP contribution in [0, 0.1) is 6.92 Å². The molecule has 2 aliphatic heterocycles. The molecule has 3 aromatic heterocycles. The first-order valence-corrected chi connectivity index (χ1v) is 14.4. The number of anilines is 1. The van der Waals surface area contributed by atoms with E-state index < -0.39 is 0 Å². The van der Waals surface area contributed by atoms with Gasteiger partial charge in [-0.2, -0.15) is 10.2 Å². The van der Waals surface area contributed by atoms with Gasteiger partial charge >= 0.3 is 0 Å². The van der Waals surface area contributed by atoms with Crippen LogP contribution in [0.4, 0.5) is 5.82 Å². The molecule has 2 N–H and O–H groups in total. The van der Waals surface area contributed by atoms with Crippen LogP contribution < -0.4 is 5.73 Å². The van der Waals surface area contributed by atoms with Gasteiger partial charge in [0, 0.05) is 61.4 Å². The zero-order valence-corrected chi connectivity index (χ0v) is 22.8. The number of hydrogen-bond acceptors (Lipinski definition) is 7. The number of aromatic nitrogens is 5. The van der Waals surface area contributed by atoms with E-state index >= 15 is 0 Å². The summed E-state index contributed by atoms with van der Waals surface area (Å²) in [5, 5.41) is 9.28. The fraction of sp³-hybridized carbons (Fsp3) is 0.467. The summed E-state index contributed by atoms with van der Waals surface area (Å²) in [6, 6.07) is 11.1. The van der Waals surface area contributed by atoms with Crippen molar-refractivity contribution >= 4 is 17.2 Å². The van der Waals surface area contributed by atoms with Crippen molar-refractivity contribution in [2.45, 2.75) is 63.6 Å². The Morgan fingerprint density at radius 3 is 2.40 bits per heavy atom. The molecule has 7 rings (SSSR count). The Kier molecular flexibility index (Phi) is 6.51. The number of aryl methyl sites for hydroxylation is 1. The summed E-state index contributed by atoms with van der Waals surface area (Å²) in [5.74, 6) is 0.514. The highest BCUT2D eigenvalue weighted by Gasteiger charge is 2.39. The van der Waals surface area contributed by atoms with Crippen LogP contribution in [0.15, 0.2) is 42.9 Å². The van der Waals surface area contributed by atoms with Gasteiger partial charge in [-0.3, -0.25) is 9.48 Å². The molecule has 10 nitrogen and oxygen atoms in total. The molecule has 2 saturated heterocycles. The molecule has 0 atom stereocenters. The molecule has 4 aromatic rings. The molecule has 1 amide bonds. The van der Waals surface area contributed by atoms with Crippen LogP contribution in [0.2, 0.25) is 0 Å². The first kappa shape index (κ1) is 25.2. The van der Waals surface area contributed by atoms with E-state index in [0.29, 0.717) is 25.1 Å². The third-order valence-electron chi connectivity index (χ3n) is 8.59. The van der Waals surface area contributed by atoms with E-state index in [-0.39, 0.29) is 18.0 Å². The molecular weight excluding hydrogens is 506 g/mol. The molecule has 1 aliphatic carbocycles. The maximum Gasteiger partial charge on any atom is 0.254 e. The number of carbonyl (C=O) groups is 1. The largest absolute Gasteiger partial charge is 0.382 e. The predicted molar refractivity (Wildman–Crippen MR) is 151 cm³/mol. The van der Waals surface area contributed by atoms with Gasteiger partial charge < -0.3 is 20.1 Å². The molecule has 5 heterocycles. The maximum absolute atomic E-state index is 14.1. The molecule has 208 valence electrons. The average molecular weight is 542 g/mol. The van der Waals surface area contributed by atoms with E-state index in [9.17, 15) is 4.79 Å². The number of fused-ring (bicyclic) bond motifs is 1. The van der Waals surface area contributed by atoms with E-state index in [1.54, 1.807) is 0 Å². The van der Waals surface area contributed by atoms with E-state index in [0.717, 1.165) is 90.9 Å². The summed E-state index contributed by atoms with van der Waals surface area (Å²) in [5.41, 5.74) is 12.6. The lowest BCUT2D eigenvalue weighted by molar-refractivity contribution is 0.0267. The summed E-state index contributed by atoms with van der Waals surface area (Å²) in [4.78, 5) is 20.5. The molecule has 1 saturated carbocycles. The zero-order valence-electron chi connectivity index (χ0n) is 22.8. The van der Waals surface area contributed by atoms with Crippen LogP contribution in [0.1, 0.15) is 60.5 Å². The third kappa shape index (κ3) is 4.45. The van der Waals surface area contributed by atoms with Gasteiger partial charge in [0.15, 0.2) is 5.82 Å². The van der Waals surface area contributed by atoms with Gasteiger partial charge in [0.25, 0.3) is 5.91 Å². The Bertz CT molecular complexity index is 1540. The minimum absolute atomic E-state index is 0.113. The summed E-state index contributed by atoms with van der Waals surface area (Å²) in [6.45, 7) is 4.89. The number of carbonyl (C=O) groups excluding carboxylic acids is 1. The molecular formula is C30H35N7O3. The quantitative estimate of drug-likeness (QED) is 0.388. The van der Waals surface area contributed by atoms with Crippen LogP contribution in [-0.2, 0) is 9.47 Å². The van der Waals surface area contributed by atoms with E-state index in [1.807, 2.05) is 35.8 Å². The Labute approximate surface area is 233 Å². The zero-order chi connectivity index (χ0) is 27.2. The highest BCUT2D eigenvalue weighted by molar-refractivity contribution is 5.98. The minimum atomic E-state index is 0.113. The lowest BCUT2D eigenvalue weighted by Crippen LogP contribution is -2.45. The average Bonchev–Trinajstić information content (AvgIpc) is 3.55. The summed E-state index contributed by atoms with van der Waals surface area (Å²) >= 11 is 0. The van der Waals surface area contributed by atoms with Gasteiger partial charge in [-0.1, -0.05) is 12.1 Å². The summed E-state index contributed by atoms with van der Waals surface area (Å²) < 4.78 is 15.1. The van der Waals surface area contributed by atoms with Crippen LogP contribution in [-0.4, -0.2) is 73.7 Å². The van der Waals surface area contributed by atoms with Crippen LogP contribution in [0.3, 0.4) is 0 Å². The lowest BCUT2D eigenvalue weighted by atomic mass is 9.99. The standard InChI is InChI=1S/C30H35N7O3/c1-19-2-3-20(16-24(19)30(38)35(21-4-5-21)22-7-12-39-13-8-22)27-17-25(28-29(31)32-18-34-37(27)28)26-6-11-33-36(26)23-9-14-40-15-10-23/h2-3,6,11,16-18,21-23H,4-5,7-10,12-15H2,1H3,(H2,31,32,34). The van der Waals surface area contributed by atoms with Crippen molar-refractivity contribution in [1.82, 2.24) is 29.3 Å². The Morgan fingerprint density at radius 2 is 1.65 bits per heavy atom. The van der Waals surface area contributed by atoms with E-state index in [2.05, 4.69) is 36.9 Å². The van der Waals surface area contributed by atoms with Gasteiger partial charge in [-0.15, -0.1) is 0 Å². The minimum Gasteiger partial charge on any atom is -0.382 e. The second-order valence-electron chi connectivity index (χ2n) is 11.2. The number of amides is 1. The van der Waals surface area contributed by atoms with E-state index in [1.165, 1.54) is 6.33 Å². The number of hydrogen-bond donors (Lipinski definition) is 1. The van der Waals surface area contributed by atoms with E-state index in [4.69, 9.17) is 15.2 Å². The van der Waals surface area contributed by atoms with Gasteiger partial charge in [0.2, 0.25) is 0 Å². The summed E-state index contributed by atoms with van der Waals surface area (Å²) in [7, 11) is 0. The number of nitrogens with two attached hydrogens (primary N) is 1. The molecule has 10 heteroatoms. The normalized spacial score (nSPS) is 18.8. The maximum atomic E-state index is 14.1. The fourth-order valence-corrected chi connectivity index (χ4v) is 6.31. The van der Waals surface area contributed by atoms with Crippen molar-refractivity contribution in [3.63, 3.8) is 0 Å². The molecule has 3 aliphatic rings. The Balaban J connectivity index is 1.31. The van der Waals surface area contributed by atoms with Crippen molar-refractivity contribution in [2.24, 2.45) is 0 Å². The monoisotopic (exact) mass is 541 g/mol. The van der Waals surface area contributed by atoms with Crippen molar-refractivity contribution in [1.29, 1.82) is 0 Å². The second-order valence-corrected chi connectivity index (χ2v) is 11.2. The molecule has 0 unspecified atom stereocenters. The van der Waals surface area contributed by atoms with Crippen molar-refractivity contribution in [2.75, 3.05) is 32.2 Å². The van der Waals surface area contributed by atoms with Crippen LogP contribution in [0.5, 0.6) is 0 Å². The number of benzene rings is 1. The molecule has 40 heavy (non-hydrogen) atoms. The van der Waals surface area contributed by atoms with Gasteiger partial charge in [-0.25, -0.2) is 9.50 Å². The lowest BCUT2D eigenvalue weighted by Gasteiger charge is -2.35. The number of nitrogen functional groups attached to an aromatic ring is 1. The van der Waals surface area contributed by atoms with Gasteiger partial charge in [-0.05, 0) is 69.2 Å². The summed E-state index contributed by atoms with van der Waals surface area (Å²) in [6.07, 6.45) is 9.07. The molecule has 1 aromatic carbocycles. The van der Waals surface area contributed by atoms with Gasteiger partial charge in [0.05, 0.1) is 17.4 Å². The molecule has 0 radical (unpaired) electrons. The first-order valence-electron chi connectivity index (χ1n) is 14.4. The fourth-order valence-electron chi connectivity index (χ4n) is 6.31. The predicted octanol–water partition coefficient (Wildman–Crippen LogP) is 4.29. The third-order valence-corrected chi connectivity index (χ3v) is 8.59. The molecule has 3 fully saturated rings. The highest BCUT2D eigenvalue weighted by Crippen LogP contribution is 2.38. The SMILES string of the molecule is Cc1ccc(-c2cc(-c3ccnn3C3CCOCC3)c3c(N)ncnn23)cc1C(=O)N(C1CCOCC1)C1CC1. The van der Waals surface area contributed by atoms with Crippen molar-refractivity contribution in [3.05, 3.63) is 54.0 Å². The highest BCUT2D eigenvalue weighted by atomic mass is 16.5. The molecule has 0 spiro atoms. The first-order chi connectivity index (χ1) is 19.6. The second kappa shape index (κ2) is 10.3. The Hall–Kier alpha value is -3.76. The Morgan fingerprint density at radius 1 is 0.925 bits per heavy atom.